The van der Waals surface area contributed by atoms with Gasteiger partial charge in [0, 0.05) is 11.8 Å². The smallest absolute Gasteiger partial charge is 0.177 e. The van der Waals surface area contributed by atoms with Gasteiger partial charge in [0.1, 0.15) is 17.4 Å². The normalized spacial score (nSPS) is 22.1. The van der Waals surface area contributed by atoms with Crippen LogP contribution in [0.25, 0.3) is 0 Å². The summed E-state index contributed by atoms with van der Waals surface area (Å²) in [7, 11) is 0. The van der Waals surface area contributed by atoms with E-state index in [1.165, 1.54) is 0 Å². The second kappa shape index (κ2) is 2.09. The highest BCUT2D eigenvalue weighted by Gasteiger charge is 2.38. The zero-order valence-corrected chi connectivity index (χ0v) is 6.51. The summed E-state index contributed by atoms with van der Waals surface area (Å²) in [5.41, 5.74) is -0.614. The van der Waals surface area contributed by atoms with E-state index in [4.69, 9.17) is 5.26 Å². The van der Waals surface area contributed by atoms with Crippen LogP contribution in [0.2, 0.25) is 0 Å². The molecule has 11 heavy (non-hydrogen) atoms. The lowest BCUT2D eigenvalue weighted by molar-refractivity contribution is -0.115. The highest BCUT2D eigenvalue weighted by molar-refractivity contribution is 6.02. The van der Waals surface area contributed by atoms with Crippen molar-refractivity contribution >= 4 is 5.78 Å². The van der Waals surface area contributed by atoms with Gasteiger partial charge in [0.2, 0.25) is 0 Å². The topological polar surface area (TPSA) is 61.1 Å². The first kappa shape index (κ1) is 7.80. The van der Waals surface area contributed by atoms with Crippen LogP contribution in [0.15, 0.2) is 11.3 Å². The molecule has 1 aliphatic rings. The van der Waals surface area contributed by atoms with Gasteiger partial charge in [0.25, 0.3) is 0 Å². The van der Waals surface area contributed by atoms with Crippen molar-refractivity contribution in [3.05, 3.63) is 11.3 Å². The van der Waals surface area contributed by atoms with Crippen molar-refractivity contribution in [2.45, 2.75) is 20.3 Å². The number of aliphatic hydroxyl groups is 1. The molecule has 0 aromatic rings. The van der Waals surface area contributed by atoms with E-state index in [0.717, 1.165) is 0 Å². The van der Waals surface area contributed by atoms with E-state index >= 15 is 0 Å². The number of aliphatic hydroxyl groups excluding tert-OH is 1. The molecule has 0 aliphatic heterocycles. The molecule has 0 spiro atoms. The molecule has 1 aliphatic carbocycles. The first-order chi connectivity index (χ1) is 4.99. The van der Waals surface area contributed by atoms with Crippen LogP contribution < -0.4 is 0 Å². The van der Waals surface area contributed by atoms with Gasteiger partial charge in [-0.25, -0.2) is 0 Å². The number of nitriles is 1. The third-order valence-electron chi connectivity index (χ3n) is 1.87. The Morgan fingerprint density at radius 3 is 2.36 bits per heavy atom. The first-order valence-electron chi connectivity index (χ1n) is 3.36. The van der Waals surface area contributed by atoms with Crippen LogP contribution in [-0.2, 0) is 4.79 Å². The van der Waals surface area contributed by atoms with E-state index in [2.05, 4.69) is 0 Å². The van der Waals surface area contributed by atoms with Gasteiger partial charge in [0.15, 0.2) is 5.78 Å². The van der Waals surface area contributed by atoms with Crippen LogP contribution in [0.3, 0.4) is 0 Å². The lowest BCUT2D eigenvalue weighted by Gasteiger charge is -2.14. The molecular formula is C8H9NO2. The Morgan fingerprint density at radius 2 is 2.18 bits per heavy atom. The lowest BCUT2D eigenvalue weighted by Crippen LogP contribution is -2.10. The third kappa shape index (κ3) is 1.01. The Bertz CT molecular complexity index is 281. The lowest BCUT2D eigenvalue weighted by atomic mass is 9.91. The van der Waals surface area contributed by atoms with Gasteiger partial charge in [-0.05, 0) is 0 Å². The minimum absolute atomic E-state index is 0.0648. The number of carbonyl (C=O) groups excluding carboxylic acids is 1. The molecule has 0 atom stereocenters. The first-order valence-corrected chi connectivity index (χ1v) is 3.36. The van der Waals surface area contributed by atoms with Crippen LogP contribution in [0.1, 0.15) is 20.3 Å². The molecular weight excluding hydrogens is 142 g/mol. The van der Waals surface area contributed by atoms with E-state index in [-0.39, 0.29) is 23.5 Å². The summed E-state index contributed by atoms with van der Waals surface area (Å²) in [6, 6.07) is 1.70. The predicted octanol–water partition coefficient (Wildman–Crippen LogP) is 1.32. The van der Waals surface area contributed by atoms with Gasteiger partial charge in [-0.3, -0.25) is 4.79 Å². The van der Waals surface area contributed by atoms with Gasteiger partial charge in [-0.2, -0.15) is 5.26 Å². The van der Waals surface area contributed by atoms with Gasteiger partial charge in [-0.15, -0.1) is 0 Å². The Labute approximate surface area is 64.9 Å². The number of allylic oxidation sites excluding steroid dienone is 2. The molecule has 0 saturated carbocycles. The van der Waals surface area contributed by atoms with E-state index in [1.807, 2.05) is 0 Å². The Morgan fingerprint density at radius 1 is 1.64 bits per heavy atom. The summed E-state index contributed by atoms with van der Waals surface area (Å²) < 4.78 is 0. The van der Waals surface area contributed by atoms with Crippen molar-refractivity contribution in [2.24, 2.45) is 5.41 Å². The van der Waals surface area contributed by atoms with E-state index < -0.39 is 5.41 Å². The van der Waals surface area contributed by atoms with Gasteiger partial charge < -0.3 is 5.11 Å². The van der Waals surface area contributed by atoms with Crippen molar-refractivity contribution < 1.29 is 9.90 Å². The molecule has 3 heteroatoms. The molecule has 0 fully saturated rings. The summed E-state index contributed by atoms with van der Waals surface area (Å²) in [4.78, 5) is 11.0. The molecule has 1 N–H and O–H groups in total. The molecule has 3 nitrogen and oxygen atoms in total. The second-order valence-electron chi connectivity index (χ2n) is 3.32. The maximum atomic E-state index is 11.0. The Hall–Kier alpha value is -1.30. The van der Waals surface area contributed by atoms with E-state index in [1.54, 1.807) is 19.9 Å². The van der Waals surface area contributed by atoms with Crippen LogP contribution >= 0.6 is 0 Å². The number of Topliss-reactive ketones (excluding diaryl/α,β-unsaturated/α-hetero) is 1. The van der Waals surface area contributed by atoms with E-state index in [9.17, 15) is 9.90 Å². The standard InChI is InChI=1S/C8H9NO2/c1-8(2)3-6(10)5(4-9)7(8)11/h11H,3H2,1-2H3. The molecule has 0 radical (unpaired) electrons. The quantitative estimate of drug-likeness (QED) is 0.568. The molecule has 0 amide bonds. The fourth-order valence-electron chi connectivity index (χ4n) is 1.16. The number of hydrogen-bond acceptors (Lipinski definition) is 3. The Kier molecular flexibility index (Phi) is 1.48. The number of nitrogens with zero attached hydrogens (tertiary/aromatic N) is 1. The Balaban J connectivity index is 3.18. The minimum Gasteiger partial charge on any atom is -0.510 e. The fraction of sp³-hybridized carbons (Fsp3) is 0.500. The van der Waals surface area contributed by atoms with Gasteiger partial charge in [0.05, 0.1) is 0 Å². The van der Waals surface area contributed by atoms with Crippen LogP contribution in [0.4, 0.5) is 0 Å². The molecule has 0 unspecified atom stereocenters. The van der Waals surface area contributed by atoms with E-state index in [0.29, 0.717) is 0 Å². The predicted molar refractivity (Wildman–Crippen MR) is 38.7 cm³/mol. The van der Waals surface area contributed by atoms with Crippen molar-refractivity contribution in [2.75, 3.05) is 0 Å². The largest absolute Gasteiger partial charge is 0.510 e. The zero-order valence-electron chi connectivity index (χ0n) is 6.51. The van der Waals surface area contributed by atoms with Gasteiger partial charge >= 0.3 is 0 Å². The van der Waals surface area contributed by atoms with Crippen molar-refractivity contribution in [3.63, 3.8) is 0 Å². The monoisotopic (exact) mass is 151 g/mol. The average molecular weight is 151 g/mol. The molecule has 58 valence electrons. The third-order valence-corrected chi connectivity index (χ3v) is 1.87. The zero-order chi connectivity index (χ0) is 8.65. The molecule has 0 aromatic carbocycles. The molecule has 1 rings (SSSR count). The maximum absolute atomic E-state index is 11.0. The summed E-state index contributed by atoms with van der Waals surface area (Å²) in [5.74, 6) is -0.319. The van der Waals surface area contributed by atoms with Crippen LogP contribution in [0.5, 0.6) is 0 Å². The fourth-order valence-corrected chi connectivity index (χ4v) is 1.16. The number of carbonyl (C=O) groups is 1. The number of rotatable bonds is 0. The molecule has 0 heterocycles. The van der Waals surface area contributed by atoms with Crippen molar-refractivity contribution in [3.8, 4) is 6.07 Å². The summed E-state index contributed by atoms with van der Waals surface area (Å²) in [6.45, 7) is 3.48. The van der Waals surface area contributed by atoms with Crippen LogP contribution in [0, 0.1) is 16.7 Å². The molecule has 0 saturated heterocycles. The number of ketones is 1. The SMILES string of the molecule is CC1(C)CC(=O)C(C#N)=C1O. The highest BCUT2D eigenvalue weighted by Crippen LogP contribution is 2.37. The molecule has 0 bridgehead atoms. The average Bonchev–Trinajstić information content (AvgIpc) is 2.04. The highest BCUT2D eigenvalue weighted by atomic mass is 16.3. The van der Waals surface area contributed by atoms with Crippen LogP contribution in [-0.4, -0.2) is 10.9 Å². The van der Waals surface area contributed by atoms with Crippen molar-refractivity contribution in [1.82, 2.24) is 0 Å². The summed E-state index contributed by atoms with van der Waals surface area (Å²) >= 11 is 0. The van der Waals surface area contributed by atoms with Gasteiger partial charge in [-0.1, -0.05) is 13.8 Å². The van der Waals surface area contributed by atoms with Crippen molar-refractivity contribution in [1.29, 1.82) is 5.26 Å². The second-order valence-corrected chi connectivity index (χ2v) is 3.32. The summed E-state index contributed by atoms with van der Waals surface area (Å²) in [5, 5.41) is 17.8. The molecule has 0 aromatic heterocycles. The summed E-state index contributed by atoms with van der Waals surface area (Å²) in [6.07, 6.45) is 0.238. The maximum Gasteiger partial charge on any atom is 0.177 e. The minimum atomic E-state index is -0.540. The number of hydrogen-bond donors (Lipinski definition) is 1.